The fourth-order valence-corrected chi connectivity index (χ4v) is 2.85. The summed E-state index contributed by atoms with van der Waals surface area (Å²) >= 11 is 0. The summed E-state index contributed by atoms with van der Waals surface area (Å²) in [5.41, 5.74) is 3.10. The molecule has 3 aromatic rings. The van der Waals surface area contributed by atoms with Gasteiger partial charge in [0.15, 0.2) is 6.61 Å². The molecule has 0 aliphatic carbocycles. The van der Waals surface area contributed by atoms with E-state index in [2.05, 4.69) is 4.98 Å². The molecule has 0 aliphatic rings. The lowest BCUT2D eigenvalue weighted by molar-refractivity contribution is -0.120. The fraction of sp³-hybridized carbons (Fsp3) is 0.208. The van der Waals surface area contributed by atoms with Gasteiger partial charge in [-0.1, -0.05) is 23.8 Å². The van der Waals surface area contributed by atoms with Gasteiger partial charge in [0.1, 0.15) is 5.75 Å². The van der Waals surface area contributed by atoms with Crippen LogP contribution in [0.15, 0.2) is 73.1 Å². The van der Waals surface area contributed by atoms with E-state index >= 15 is 0 Å². The molecule has 6 heteroatoms. The Morgan fingerprint density at radius 3 is 2.37 bits per heavy atom. The summed E-state index contributed by atoms with van der Waals surface area (Å²) in [5.74, 6) is 0.0353. The molecule has 0 unspecified atom stereocenters. The highest BCUT2D eigenvalue weighted by molar-refractivity contribution is 5.95. The second-order valence-electron chi connectivity index (χ2n) is 6.71. The van der Waals surface area contributed by atoms with Crippen molar-refractivity contribution in [3.8, 4) is 5.75 Å². The van der Waals surface area contributed by atoms with Crippen LogP contribution in [0.4, 0.5) is 5.69 Å². The van der Waals surface area contributed by atoms with Crippen molar-refractivity contribution in [2.24, 2.45) is 0 Å². The van der Waals surface area contributed by atoms with Crippen LogP contribution in [-0.2, 0) is 16.1 Å². The first-order valence-electron chi connectivity index (χ1n) is 9.72. The van der Waals surface area contributed by atoms with Crippen LogP contribution in [0.3, 0.4) is 0 Å². The standard InChI is InChI=1S/C24H24N2O4/c1-3-29-24(28)20-8-10-21(11-9-20)26(16-19-5-4-14-25-15-19)23(27)17-30-22-12-6-18(2)7-13-22/h4-15H,3,16-17H2,1-2H3. The third kappa shape index (κ3) is 5.67. The van der Waals surface area contributed by atoms with E-state index in [9.17, 15) is 9.59 Å². The van der Waals surface area contributed by atoms with E-state index in [1.807, 2.05) is 43.3 Å². The number of carbonyl (C=O) groups is 2. The number of benzene rings is 2. The highest BCUT2D eigenvalue weighted by Crippen LogP contribution is 2.20. The molecule has 154 valence electrons. The van der Waals surface area contributed by atoms with E-state index in [4.69, 9.17) is 9.47 Å². The lowest BCUT2D eigenvalue weighted by Gasteiger charge is -2.23. The molecule has 3 rings (SSSR count). The topological polar surface area (TPSA) is 68.7 Å². The van der Waals surface area contributed by atoms with Gasteiger partial charge in [-0.2, -0.15) is 0 Å². The molecule has 0 saturated heterocycles. The Bertz CT molecular complexity index is 970. The summed E-state index contributed by atoms with van der Waals surface area (Å²) in [4.78, 5) is 30.6. The first-order valence-corrected chi connectivity index (χ1v) is 9.72. The molecule has 0 spiro atoms. The highest BCUT2D eigenvalue weighted by Gasteiger charge is 2.18. The Morgan fingerprint density at radius 1 is 1.00 bits per heavy atom. The number of aryl methyl sites for hydroxylation is 1. The first kappa shape index (κ1) is 21.0. The maximum absolute atomic E-state index is 13.0. The van der Waals surface area contributed by atoms with Crippen LogP contribution in [0, 0.1) is 6.92 Å². The van der Waals surface area contributed by atoms with Crippen LogP contribution in [0.1, 0.15) is 28.4 Å². The molecule has 0 saturated carbocycles. The lowest BCUT2D eigenvalue weighted by atomic mass is 10.1. The van der Waals surface area contributed by atoms with Crippen LogP contribution in [-0.4, -0.2) is 30.1 Å². The Balaban J connectivity index is 1.78. The van der Waals surface area contributed by atoms with Crippen molar-refractivity contribution in [3.05, 3.63) is 89.7 Å². The van der Waals surface area contributed by atoms with Gasteiger partial charge in [0.05, 0.1) is 18.7 Å². The molecule has 0 N–H and O–H groups in total. The molecule has 0 fully saturated rings. The van der Waals surface area contributed by atoms with Gasteiger partial charge in [0, 0.05) is 18.1 Å². The smallest absolute Gasteiger partial charge is 0.338 e. The second kappa shape index (κ2) is 10.2. The predicted molar refractivity (Wildman–Crippen MR) is 114 cm³/mol. The van der Waals surface area contributed by atoms with Crippen molar-refractivity contribution in [2.45, 2.75) is 20.4 Å². The molecule has 0 atom stereocenters. The number of anilines is 1. The number of carbonyl (C=O) groups excluding carboxylic acids is 2. The molecule has 1 heterocycles. The summed E-state index contributed by atoms with van der Waals surface area (Å²) in [5, 5.41) is 0. The SMILES string of the molecule is CCOC(=O)c1ccc(N(Cc2cccnc2)C(=O)COc2ccc(C)cc2)cc1. The van der Waals surface area contributed by atoms with Crippen LogP contribution in [0.5, 0.6) is 5.75 Å². The van der Waals surface area contributed by atoms with Gasteiger partial charge in [-0.15, -0.1) is 0 Å². The molecule has 6 nitrogen and oxygen atoms in total. The van der Waals surface area contributed by atoms with Crippen LogP contribution in [0.2, 0.25) is 0 Å². The average molecular weight is 404 g/mol. The highest BCUT2D eigenvalue weighted by atomic mass is 16.5. The molecule has 0 radical (unpaired) electrons. The van der Waals surface area contributed by atoms with Gasteiger partial charge in [-0.05, 0) is 61.9 Å². The minimum Gasteiger partial charge on any atom is -0.484 e. The first-order chi connectivity index (χ1) is 14.6. The maximum Gasteiger partial charge on any atom is 0.338 e. The van der Waals surface area contributed by atoms with Gasteiger partial charge in [0.2, 0.25) is 0 Å². The van der Waals surface area contributed by atoms with Crippen LogP contribution < -0.4 is 9.64 Å². The van der Waals surface area contributed by atoms with E-state index in [0.717, 1.165) is 11.1 Å². The van der Waals surface area contributed by atoms with Crippen LogP contribution in [0.25, 0.3) is 0 Å². The minimum absolute atomic E-state index is 0.108. The largest absolute Gasteiger partial charge is 0.484 e. The molecule has 0 bridgehead atoms. The van der Waals surface area contributed by atoms with Crippen molar-refractivity contribution in [2.75, 3.05) is 18.1 Å². The number of aromatic nitrogens is 1. The van der Waals surface area contributed by atoms with Crippen molar-refractivity contribution in [1.29, 1.82) is 0 Å². The Labute approximate surface area is 176 Å². The van der Waals surface area contributed by atoms with E-state index in [1.165, 1.54) is 0 Å². The minimum atomic E-state index is -0.392. The van der Waals surface area contributed by atoms with Gasteiger partial charge in [0.25, 0.3) is 5.91 Å². The van der Waals surface area contributed by atoms with Gasteiger partial charge < -0.3 is 14.4 Å². The fourth-order valence-electron chi connectivity index (χ4n) is 2.85. The second-order valence-corrected chi connectivity index (χ2v) is 6.71. The zero-order chi connectivity index (χ0) is 21.3. The third-order valence-corrected chi connectivity index (χ3v) is 4.44. The van der Waals surface area contributed by atoms with Crippen molar-refractivity contribution >= 4 is 17.6 Å². The zero-order valence-corrected chi connectivity index (χ0v) is 17.1. The molecular formula is C24H24N2O4. The molecule has 2 aromatic carbocycles. The van der Waals surface area contributed by atoms with E-state index in [-0.39, 0.29) is 12.5 Å². The van der Waals surface area contributed by atoms with E-state index in [1.54, 1.807) is 48.5 Å². The van der Waals surface area contributed by atoms with Gasteiger partial charge in [-0.3, -0.25) is 9.78 Å². The number of hydrogen-bond acceptors (Lipinski definition) is 5. The van der Waals surface area contributed by atoms with Crippen molar-refractivity contribution in [3.63, 3.8) is 0 Å². The summed E-state index contributed by atoms with van der Waals surface area (Å²) in [6.07, 6.45) is 3.40. The Kier molecular flexibility index (Phi) is 7.16. The predicted octanol–water partition coefficient (Wildman–Crippen LogP) is 4.18. The number of amides is 1. The summed E-state index contributed by atoms with van der Waals surface area (Å²) in [6.45, 7) is 4.29. The lowest BCUT2D eigenvalue weighted by Crippen LogP contribution is -2.34. The summed E-state index contributed by atoms with van der Waals surface area (Å²) < 4.78 is 10.7. The Hall–Kier alpha value is -3.67. The average Bonchev–Trinajstić information content (AvgIpc) is 2.78. The monoisotopic (exact) mass is 404 g/mol. The quantitative estimate of drug-likeness (QED) is 0.527. The number of esters is 1. The molecule has 30 heavy (non-hydrogen) atoms. The van der Waals surface area contributed by atoms with E-state index < -0.39 is 5.97 Å². The summed E-state index contributed by atoms with van der Waals surface area (Å²) in [7, 11) is 0. The molecular weight excluding hydrogens is 380 g/mol. The summed E-state index contributed by atoms with van der Waals surface area (Å²) in [6, 6.07) is 18.0. The van der Waals surface area contributed by atoms with Gasteiger partial charge >= 0.3 is 5.97 Å². The van der Waals surface area contributed by atoms with Gasteiger partial charge in [-0.25, -0.2) is 4.79 Å². The third-order valence-electron chi connectivity index (χ3n) is 4.44. The number of rotatable bonds is 8. The normalized spacial score (nSPS) is 10.3. The number of hydrogen-bond donors (Lipinski definition) is 0. The Morgan fingerprint density at radius 2 is 1.73 bits per heavy atom. The number of ether oxygens (including phenoxy) is 2. The maximum atomic E-state index is 13.0. The van der Waals surface area contributed by atoms with Crippen molar-refractivity contribution in [1.82, 2.24) is 4.98 Å². The molecule has 1 amide bonds. The number of pyridine rings is 1. The number of nitrogens with zero attached hydrogens (tertiary/aromatic N) is 2. The van der Waals surface area contributed by atoms with Crippen LogP contribution >= 0.6 is 0 Å². The molecule has 1 aromatic heterocycles. The zero-order valence-electron chi connectivity index (χ0n) is 17.1. The van der Waals surface area contributed by atoms with Crippen molar-refractivity contribution < 1.29 is 19.1 Å². The van der Waals surface area contributed by atoms with E-state index in [0.29, 0.717) is 30.2 Å². The molecule has 0 aliphatic heterocycles.